The lowest BCUT2D eigenvalue weighted by atomic mass is 10.0. The second kappa shape index (κ2) is 7.22. The number of aromatic nitrogens is 2. The van der Waals surface area contributed by atoms with Crippen molar-refractivity contribution in [2.75, 3.05) is 26.2 Å². The number of hydrogen-bond acceptors (Lipinski definition) is 5. The van der Waals surface area contributed by atoms with E-state index >= 15 is 0 Å². The van der Waals surface area contributed by atoms with E-state index in [0.29, 0.717) is 5.91 Å². The largest absolute Gasteiger partial charge is 0.340 e. The Labute approximate surface area is 131 Å². The molecule has 0 radical (unpaired) electrons. The number of carbonyl (C=O) groups excluding carboxylic acids is 1. The Morgan fingerprint density at radius 1 is 1.18 bits per heavy atom. The predicted octanol–water partition coefficient (Wildman–Crippen LogP) is 1.99. The van der Waals surface area contributed by atoms with Crippen molar-refractivity contribution in [3.63, 3.8) is 0 Å². The summed E-state index contributed by atoms with van der Waals surface area (Å²) in [5.74, 6) is 1.14. The first-order chi connectivity index (χ1) is 10.7. The molecule has 1 aliphatic heterocycles. The molecule has 0 N–H and O–H groups in total. The zero-order valence-electron chi connectivity index (χ0n) is 13.5. The zero-order chi connectivity index (χ0) is 15.4. The monoisotopic (exact) mass is 306 g/mol. The molecule has 122 valence electrons. The van der Waals surface area contributed by atoms with Gasteiger partial charge in [0, 0.05) is 39.1 Å². The van der Waals surface area contributed by atoms with Gasteiger partial charge in [0.2, 0.25) is 5.91 Å². The van der Waals surface area contributed by atoms with Crippen LogP contribution in [0.15, 0.2) is 4.63 Å². The molecule has 0 atom stereocenters. The third-order valence-electron chi connectivity index (χ3n) is 5.09. The average molecular weight is 306 g/mol. The molecule has 0 bridgehead atoms. The quantitative estimate of drug-likeness (QED) is 0.832. The first-order valence-corrected chi connectivity index (χ1v) is 8.50. The summed E-state index contributed by atoms with van der Waals surface area (Å²) in [6.07, 6.45) is 7.18. The molecule has 1 aromatic rings. The van der Waals surface area contributed by atoms with Crippen LogP contribution >= 0.6 is 0 Å². The molecule has 2 aliphatic rings. The molecule has 1 saturated heterocycles. The highest BCUT2D eigenvalue weighted by atomic mass is 16.6. The lowest BCUT2D eigenvalue weighted by Gasteiger charge is -2.34. The molecule has 6 heteroatoms. The van der Waals surface area contributed by atoms with Crippen molar-refractivity contribution >= 4 is 5.91 Å². The minimum atomic E-state index is 0.339. The van der Waals surface area contributed by atoms with Crippen LogP contribution in [0.4, 0.5) is 0 Å². The topological polar surface area (TPSA) is 62.5 Å². The van der Waals surface area contributed by atoms with Gasteiger partial charge in [-0.15, -0.1) is 0 Å². The SMILES string of the molecule is Cc1nonc1CN1CCN(C(=O)CCC2CCCC2)CC1. The first-order valence-electron chi connectivity index (χ1n) is 8.50. The molecule has 2 heterocycles. The van der Waals surface area contributed by atoms with Crippen molar-refractivity contribution in [3.8, 4) is 0 Å². The minimum Gasteiger partial charge on any atom is -0.340 e. The zero-order valence-corrected chi connectivity index (χ0v) is 13.5. The number of aryl methyl sites for hydroxylation is 1. The van der Waals surface area contributed by atoms with E-state index in [1.165, 1.54) is 25.7 Å². The number of piperazine rings is 1. The van der Waals surface area contributed by atoms with E-state index in [1.807, 2.05) is 11.8 Å². The van der Waals surface area contributed by atoms with Crippen LogP contribution in [0.1, 0.15) is 49.9 Å². The molecular formula is C16H26N4O2. The molecule has 3 rings (SSSR count). The van der Waals surface area contributed by atoms with Crippen LogP contribution in [0, 0.1) is 12.8 Å². The molecule has 1 saturated carbocycles. The summed E-state index contributed by atoms with van der Waals surface area (Å²) in [6, 6.07) is 0. The standard InChI is InChI=1S/C16H26N4O2/c1-13-15(18-22-17-13)12-19-8-10-20(11-9-19)16(21)7-6-14-4-2-3-5-14/h14H,2-12H2,1H3. The van der Waals surface area contributed by atoms with Crippen LogP contribution < -0.4 is 0 Å². The van der Waals surface area contributed by atoms with Crippen LogP contribution in [0.5, 0.6) is 0 Å². The Hall–Kier alpha value is -1.43. The number of amides is 1. The van der Waals surface area contributed by atoms with Gasteiger partial charge < -0.3 is 4.90 Å². The lowest BCUT2D eigenvalue weighted by Crippen LogP contribution is -2.48. The Kier molecular flexibility index (Phi) is 5.08. The average Bonchev–Trinajstić information content (AvgIpc) is 3.18. The summed E-state index contributed by atoms with van der Waals surface area (Å²) in [5.41, 5.74) is 1.76. The molecule has 1 amide bonds. The van der Waals surface area contributed by atoms with Crippen molar-refractivity contribution in [1.82, 2.24) is 20.1 Å². The third-order valence-corrected chi connectivity index (χ3v) is 5.09. The molecule has 0 unspecified atom stereocenters. The van der Waals surface area contributed by atoms with Gasteiger partial charge in [0.1, 0.15) is 11.4 Å². The number of nitrogens with zero attached hydrogens (tertiary/aromatic N) is 4. The van der Waals surface area contributed by atoms with Gasteiger partial charge in [-0.2, -0.15) is 0 Å². The van der Waals surface area contributed by atoms with Crippen molar-refractivity contribution in [3.05, 3.63) is 11.4 Å². The van der Waals surface area contributed by atoms with Gasteiger partial charge >= 0.3 is 0 Å². The van der Waals surface area contributed by atoms with Crippen LogP contribution in [0.25, 0.3) is 0 Å². The van der Waals surface area contributed by atoms with Crippen molar-refractivity contribution in [2.45, 2.75) is 52.0 Å². The third kappa shape index (κ3) is 3.85. The lowest BCUT2D eigenvalue weighted by molar-refractivity contribution is -0.133. The summed E-state index contributed by atoms with van der Waals surface area (Å²) in [4.78, 5) is 16.6. The molecule has 0 aromatic carbocycles. The summed E-state index contributed by atoms with van der Waals surface area (Å²) in [6.45, 7) is 6.14. The number of carbonyl (C=O) groups is 1. The van der Waals surface area contributed by atoms with E-state index in [2.05, 4.69) is 15.2 Å². The maximum absolute atomic E-state index is 12.3. The molecular weight excluding hydrogens is 280 g/mol. The Morgan fingerprint density at radius 2 is 1.91 bits per heavy atom. The molecule has 1 aromatic heterocycles. The summed E-state index contributed by atoms with van der Waals surface area (Å²) < 4.78 is 4.74. The number of rotatable bonds is 5. The summed E-state index contributed by atoms with van der Waals surface area (Å²) in [7, 11) is 0. The Balaban J connectivity index is 1.39. The summed E-state index contributed by atoms with van der Waals surface area (Å²) in [5, 5.41) is 7.74. The van der Waals surface area contributed by atoms with E-state index in [9.17, 15) is 4.79 Å². The Morgan fingerprint density at radius 3 is 2.55 bits per heavy atom. The smallest absolute Gasteiger partial charge is 0.222 e. The highest BCUT2D eigenvalue weighted by Crippen LogP contribution is 2.28. The van der Waals surface area contributed by atoms with Crippen molar-refractivity contribution in [1.29, 1.82) is 0 Å². The molecule has 2 fully saturated rings. The van der Waals surface area contributed by atoms with Gasteiger partial charge in [0.05, 0.1) is 0 Å². The first kappa shape index (κ1) is 15.5. The van der Waals surface area contributed by atoms with Crippen molar-refractivity contribution in [2.24, 2.45) is 5.92 Å². The van der Waals surface area contributed by atoms with Gasteiger partial charge in [-0.25, -0.2) is 4.63 Å². The summed E-state index contributed by atoms with van der Waals surface area (Å²) >= 11 is 0. The Bertz CT molecular complexity index is 488. The fraction of sp³-hybridized carbons (Fsp3) is 0.812. The predicted molar refractivity (Wildman–Crippen MR) is 82.1 cm³/mol. The molecule has 1 aliphatic carbocycles. The van der Waals surface area contributed by atoms with Gasteiger partial charge in [0.25, 0.3) is 0 Å². The molecule has 6 nitrogen and oxygen atoms in total. The highest BCUT2D eigenvalue weighted by molar-refractivity contribution is 5.76. The van der Waals surface area contributed by atoms with Gasteiger partial charge in [0.15, 0.2) is 0 Å². The maximum atomic E-state index is 12.3. The van der Waals surface area contributed by atoms with E-state index in [-0.39, 0.29) is 0 Å². The molecule has 0 spiro atoms. The maximum Gasteiger partial charge on any atom is 0.222 e. The van der Waals surface area contributed by atoms with Crippen LogP contribution in [0.3, 0.4) is 0 Å². The van der Waals surface area contributed by atoms with Crippen LogP contribution in [-0.4, -0.2) is 52.2 Å². The van der Waals surface area contributed by atoms with E-state index in [0.717, 1.165) is 62.9 Å². The fourth-order valence-electron chi connectivity index (χ4n) is 3.54. The second-order valence-corrected chi connectivity index (χ2v) is 6.64. The van der Waals surface area contributed by atoms with Gasteiger partial charge in [-0.1, -0.05) is 36.0 Å². The van der Waals surface area contributed by atoms with Crippen LogP contribution in [-0.2, 0) is 11.3 Å². The van der Waals surface area contributed by atoms with E-state index in [4.69, 9.17) is 4.63 Å². The van der Waals surface area contributed by atoms with Gasteiger partial charge in [-0.3, -0.25) is 9.69 Å². The van der Waals surface area contributed by atoms with E-state index in [1.54, 1.807) is 0 Å². The highest BCUT2D eigenvalue weighted by Gasteiger charge is 2.23. The van der Waals surface area contributed by atoms with Gasteiger partial charge in [-0.05, 0) is 19.3 Å². The number of hydrogen-bond donors (Lipinski definition) is 0. The fourth-order valence-corrected chi connectivity index (χ4v) is 3.54. The minimum absolute atomic E-state index is 0.339. The van der Waals surface area contributed by atoms with Crippen molar-refractivity contribution < 1.29 is 9.42 Å². The van der Waals surface area contributed by atoms with E-state index < -0.39 is 0 Å². The second-order valence-electron chi connectivity index (χ2n) is 6.64. The normalized spacial score (nSPS) is 20.7. The van der Waals surface area contributed by atoms with Crippen LogP contribution in [0.2, 0.25) is 0 Å². The molecule has 22 heavy (non-hydrogen) atoms.